The van der Waals surface area contributed by atoms with Crippen LogP contribution in [0.1, 0.15) is 33.3 Å². The summed E-state index contributed by atoms with van der Waals surface area (Å²) in [6, 6.07) is 0.567. The number of carbonyl (C=O) groups is 1. The molecule has 0 aliphatic heterocycles. The number of likely N-dealkylation sites (N-methyl/N-ethyl adjacent to an activating group) is 1. The van der Waals surface area contributed by atoms with Crippen molar-refractivity contribution in [1.82, 2.24) is 14.3 Å². The second kappa shape index (κ2) is 5.88. The molecule has 0 aliphatic carbocycles. The molecule has 2 heterocycles. The molecule has 1 aromatic carbocycles. The summed E-state index contributed by atoms with van der Waals surface area (Å²) in [4.78, 5) is 17.5. The normalized spacial score (nSPS) is 20.3. The fourth-order valence-electron chi connectivity index (χ4n) is 2.02. The highest BCUT2D eigenvalue weighted by Gasteiger charge is 2.18. The standard InChI is InChI=1S/C19H21N3O/c1-13-5-8-15(9-6-13)19-16(11-18(23)21(3)4)22-12-14(2)7-10-17(22)20-19/h5-10,12H,11H2,1-4H3/i2D3,3D3,5D,6D,8D,9D,11D2. The van der Waals surface area contributed by atoms with E-state index in [9.17, 15) is 4.79 Å². The van der Waals surface area contributed by atoms with E-state index >= 15 is 0 Å². The highest BCUT2D eigenvalue weighted by Crippen LogP contribution is 2.26. The number of fused-ring (bicyclic) bond motifs is 1. The minimum Gasteiger partial charge on any atom is -0.348 e. The number of amides is 1. The number of benzene rings is 1. The van der Waals surface area contributed by atoms with E-state index in [-0.39, 0.29) is 21.7 Å². The Hall–Kier alpha value is -2.62. The summed E-state index contributed by atoms with van der Waals surface area (Å²) >= 11 is 0. The van der Waals surface area contributed by atoms with Gasteiger partial charge in [0.15, 0.2) is 0 Å². The quantitative estimate of drug-likeness (QED) is 0.743. The van der Waals surface area contributed by atoms with Crippen LogP contribution in [0.5, 0.6) is 0 Å². The Morgan fingerprint density at radius 3 is 2.83 bits per heavy atom. The average molecular weight is 319 g/mol. The van der Waals surface area contributed by atoms with Crippen molar-refractivity contribution in [3.8, 4) is 11.3 Å². The van der Waals surface area contributed by atoms with Gasteiger partial charge in [-0.15, -0.1) is 0 Å². The van der Waals surface area contributed by atoms with Gasteiger partial charge in [0.1, 0.15) is 5.65 Å². The van der Waals surface area contributed by atoms with E-state index in [1.165, 1.54) is 19.1 Å². The van der Waals surface area contributed by atoms with E-state index in [4.69, 9.17) is 16.4 Å². The summed E-state index contributed by atoms with van der Waals surface area (Å²) < 4.78 is 96.7. The van der Waals surface area contributed by atoms with Crippen LogP contribution >= 0.6 is 0 Å². The van der Waals surface area contributed by atoms with Gasteiger partial charge in [-0.3, -0.25) is 4.79 Å². The Kier molecular flexibility index (Phi) is 1.65. The van der Waals surface area contributed by atoms with Gasteiger partial charge in [-0.2, -0.15) is 0 Å². The Bertz CT molecular complexity index is 1310. The molecule has 1 amide bonds. The fourth-order valence-corrected chi connectivity index (χ4v) is 2.02. The molecule has 0 bridgehead atoms. The van der Waals surface area contributed by atoms with Crippen LogP contribution in [0, 0.1) is 13.8 Å². The van der Waals surface area contributed by atoms with Crippen LogP contribution in [-0.2, 0) is 11.2 Å². The first-order valence-corrected chi connectivity index (χ1v) is 6.70. The van der Waals surface area contributed by atoms with Crippen molar-refractivity contribution in [3.05, 3.63) is 59.3 Å². The summed E-state index contributed by atoms with van der Waals surface area (Å²) in [5.74, 6) is -1.50. The van der Waals surface area contributed by atoms with Crippen molar-refractivity contribution in [2.75, 3.05) is 14.0 Å². The van der Waals surface area contributed by atoms with Crippen molar-refractivity contribution in [1.29, 1.82) is 0 Å². The molecule has 3 aromatic rings. The maximum Gasteiger partial charge on any atom is 0.228 e. The summed E-state index contributed by atoms with van der Waals surface area (Å²) in [6.07, 6.45) is -2.10. The minimum atomic E-state index is -3.13. The topological polar surface area (TPSA) is 37.6 Å². The molecule has 0 atom stereocenters. The lowest BCUT2D eigenvalue weighted by Gasteiger charge is -2.11. The number of nitrogens with zero attached hydrogens (tertiary/aromatic N) is 3. The lowest BCUT2D eigenvalue weighted by atomic mass is 10.1. The predicted octanol–water partition coefficient (Wildman–Crippen LogP) is 3.25. The number of rotatable bonds is 3. The molecule has 23 heavy (non-hydrogen) atoms. The zero-order valence-electron chi connectivity index (χ0n) is 24.5. The maximum absolute atomic E-state index is 13.0. The molecular formula is C19H21N3O. The molecule has 0 saturated heterocycles. The zero-order valence-corrected chi connectivity index (χ0v) is 12.5. The SMILES string of the molecule is [2H]c1c([2H])c(-c2nc3ccc(C([2H])([2H])[2H])cn3c2C([2H])([2H])C(=O)N(C)C([2H])([2H])[2H])c([2H])c([2H])c1C. The molecule has 3 rings (SSSR count). The van der Waals surface area contributed by atoms with Gasteiger partial charge >= 0.3 is 0 Å². The Morgan fingerprint density at radius 1 is 1.35 bits per heavy atom. The van der Waals surface area contributed by atoms with Gasteiger partial charge in [0.05, 0.1) is 23.2 Å². The highest BCUT2D eigenvalue weighted by atomic mass is 16.2. The predicted molar refractivity (Wildman–Crippen MR) is 92.5 cm³/mol. The molecule has 0 fully saturated rings. The molecule has 4 heteroatoms. The average Bonchev–Trinajstić information content (AvgIpc) is 3.13. The van der Waals surface area contributed by atoms with Gasteiger partial charge in [0.2, 0.25) is 5.91 Å². The molecule has 0 saturated carbocycles. The lowest BCUT2D eigenvalue weighted by molar-refractivity contribution is -0.128. The number of hydrogen-bond acceptors (Lipinski definition) is 2. The number of pyridine rings is 1. The summed E-state index contributed by atoms with van der Waals surface area (Å²) in [6.45, 7) is -4.23. The van der Waals surface area contributed by atoms with Crippen LogP contribution in [0.2, 0.25) is 0 Å². The van der Waals surface area contributed by atoms with Gasteiger partial charge in [-0.05, 0) is 25.4 Å². The zero-order chi connectivity index (χ0) is 26.8. The number of carbonyl (C=O) groups excluding carboxylic acids is 1. The van der Waals surface area contributed by atoms with Gasteiger partial charge in [0, 0.05) is 36.7 Å². The van der Waals surface area contributed by atoms with Crippen LogP contribution in [-0.4, -0.2) is 34.2 Å². The molecular weight excluding hydrogens is 286 g/mol. The lowest BCUT2D eigenvalue weighted by Crippen LogP contribution is -2.24. The van der Waals surface area contributed by atoms with Crippen molar-refractivity contribution in [2.24, 2.45) is 0 Å². The first-order valence-electron chi connectivity index (χ1n) is 12.7. The second-order valence-corrected chi connectivity index (χ2v) is 4.94. The van der Waals surface area contributed by atoms with Crippen molar-refractivity contribution in [3.63, 3.8) is 0 Å². The monoisotopic (exact) mass is 319 g/mol. The van der Waals surface area contributed by atoms with Crippen molar-refractivity contribution >= 4 is 11.6 Å². The Morgan fingerprint density at radius 2 is 2.13 bits per heavy atom. The maximum atomic E-state index is 13.0. The fraction of sp³-hybridized carbons (Fsp3) is 0.263. The first kappa shape index (κ1) is 6.48. The number of aryl methyl sites for hydroxylation is 1. The van der Waals surface area contributed by atoms with E-state index in [1.807, 2.05) is 0 Å². The molecule has 0 radical (unpaired) electrons. The molecule has 0 aliphatic rings. The smallest absolute Gasteiger partial charge is 0.228 e. The molecule has 2 aromatic heterocycles. The number of imidazole rings is 1. The van der Waals surface area contributed by atoms with E-state index in [1.54, 1.807) is 0 Å². The summed E-state index contributed by atoms with van der Waals surface area (Å²) in [5.41, 5.74) is -1.71. The molecule has 118 valence electrons. The summed E-state index contributed by atoms with van der Waals surface area (Å²) in [7, 11) is 0.880. The Labute approximate surface area is 153 Å². The largest absolute Gasteiger partial charge is 0.348 e. The molecule has 0 unspecified atom stereocenters. The number of aromatic nitrogens is 2. The Balaban J connectivity index is 2.49. The second-order valence-electron chi connectivity index (χ2n) is 4.94. The third-order valence-electron chi connectivity index (χ3n) is 3.14. The van der Waals surface area contributed by atoms with Crippen LogP contribution in [0.4, 0.5) is 0 Å². The van der Waals surface area contributed by atoms with E-state index in [0.717, 1.165) is 17.6 Å². The molecule has 0 N–H and O–H groups in total. The van der Waals surface area contributed by atoms with E-state index < -0.39 is 67.2 Å². The van der Waals surface area contributed by atoms with E-state index in [2.05, 4.69) is 4.98 Å². The van der Waals surface area contributed by atoms with Crippen molar-refractivity contribution in [2.45, 2.75) is 20.1 Å². The van der Waals surface area contributed by atoms with Gasteiger partial charge in [-0.1, -0.05) is 35.8 Å². The van der Waals surface area contributed by atoms with E-state index in [0.29, 0.717) is 0 Å². The van der Waals surface area contributed by atoms with Crippen LogP contribution in [0.25, 0.3) is 16.9 Å². The van der Waals surface area contributed by atoms with Gasteiger partial charge in [0.25, 0.3) is 0 Å². The first-order chi connectivity index (χ1) is 15.8. The highest BCUT2D eigenvalue weighted by molar-refractivity contribution is 5.81. The van der Waals surface area contributed by atoms with Crippen molar-refractivity contribution < 1.29 is 21.2 Å². The van der Waals surface area contributed by atoms with Gasteiger partial charge < -0.3 is 9.30 Å². The minimum absolute atomic E-state index is 0.0416. The van der Waals surface area contributed by atoms with Crippen LogP contribution < -0.4 is 0 Å². The third kappa shape index (κ3) is 2.97. The third-order valence-corrected chi connectivity index (χ3v) is 3.14. The number of hydrogen-bond donors (Lipinski definition) is 0. The molecule has 0 spiro atoms. The van der Waals surface area contributed by atoms with Crippen LogP contribution in [0.3, 0.4) is 0 Å². The summed E-state index contributed by atoms with van der Waals surface area (Å²) in [5, 5.41) is 0. The van der Waals surface area contributed by atoms with Crippen LogP contribution in [0.15, 0.2) is 42.5 Å². The van der Waals surface area contributed by atoms with Gasteiger partial charge in [-0.25, -0.2) is 4.98 Å². The molecule has 4 nitrogen and oxygen atoms in total.